The molecule has 0 atom stereocenters. The second kappa shape index (κ2) is 12.6. The molecule has 0 radical (unpaired) electrons. The minimum atomic E-state index is -2.48. The van der Waals surface area contributed by atoms with Crippen molar-refractivity contribution in [3.63, 3.8) is 0 Å². The maximum Gasteiger partial charge on any atom is 0.341 e. The number of carbonyl (C=O) groups is 1. The molecule has 0 amide bonds. The lowest BCUT2D eigenvalue weighted by atomic mass is 10.0. The Bertz CT molecular complexity index is 630. The van der Waals surface area contributed by atoms with E-state index >= 15 is 0 Å². The van der Waals surface area contributed by atoms with Crippen LogP contribution >= 0.6 is 33.2 Å². The van der Waals surface area contributed by atoms with Crippen molar-refractivity contribution in [2.24, 2.45) is 0 Å². The van der Waals surface area contributed by atoms with E-state index in [9.17, 15) is 9.90 Å². The van der Waals surface area contributed by atoms with Crippen molar-refractivity contribution in [3.8, 4) is 11.5 Å². The Kier molecular flexibility index (Phi) is 11.2. The fourth-order valence-electron chi connectivity index (χ4n) is 2.73. The average molecular weight is 454 g/mol. The molecule has 1 aromatic carbocycles. The Balaban J connectivity index is 2.46. The first-order valence-electron chi connectivity index (χ1n) is 8.99. The lowest BCUT2D eigenvalue weighted by Gasteiger charge is -2.09. The zero-order valence-electron chi connectivity index (χ0n) is 15.8. The van der Waals surface area contributed by atoms with Crippen LogP contribution < -0.4 is 9.47 Å². The molecule has 152 valence electrons. The molecule has 0 aliphatic heterocycles. The molecular formula is C19H27Cl3O4Si. The van der Waals surface area contributed by atoms with E-state index in [1.54, 1.807) is 32.4 Å². The van der Waals surface area contributed by atoms with Gasteiger partial charge in [0.2, 0.25) is 0 Å². The van der Waals surface area contributed by atoms with Crippen LogP contribution in [-0.2, 0) is 4.79 Å². The molecular weight excluding hydrogens is 427 g/mol. The highest BCUT2D eigenvalue weighted by Gasteiger charge is 2.23. The molecule has 0 saturated heterocycles. The number of ether oxygens (including phenoxy) is 2. The lowest BCUT2D eigenvalue weighted by Crippen LogP contribution is -2.07. The number of rotatable bonds is 13. The van der Waals surface area contributed by atoms with Crippen LogP contribution in [0.15, 0.2) is 23.8 Å². The molecule has 1 aromatic rings. The number of benzene rings is 1. The highest BCUT2D eigenvalue weighted by atomic mass is 35.8. The van der Waals surface area contributed by atoms with Crippen LogP contribution in [-0.4, -0.2) is 31.3 Å². The van der Waals surface area contributed by atoms with Crippen LogP contribution in [0.4, 0.5) is 0 Å². The second-order valence-corrected chi connectivity index (χ2v) is 15.6. The van der Waals surface area contributed by atoms with Crippen molar-refractivity contribution in [3.05, 3.63) is 29.3 Å². The van der Waals surface area contributed by atoms with Crippen molar-refractivity contribution in [2.75, 3.05) is 14.2 Å². The third kappa shape index (κ3) is 10.3. The Morgan fingerprint density at radius 2 is 1.59 bits per heavy atom. The molecule has 0 fully saturated rings. The molecule has 0 aliphatic rings. The number of halogens is 3. The SMILES string of the molecule is COc1ccc(/C=C(\CCCCCCCC[Si](Cl)(Cl)Cl)C(=O)O)cc1OC. The van der Waals surface area contributed by atoms with E-state index in [1.807, 2.05) is 6.07 Å². The van der Waals surface area contributed by atoms with Crippen LogP contribution in [0.25, 0.3) is 6.08 Å². The average Bonchev–Trinajstić information content (AvgIpc) is 2.61. The van der Waals surface area contributed by atoms with Crippen molar-refractivity contribution in [1.82, 2.24) is 0 Å². The Morgan fingerprint density at radius 3 is 2.15 bits per heavy atom. The van der Waals surface area contributed by atoms with Gasteiger partial charge in [0, 0.05) is 5.57 Å². The predicted molar refractivity (Wildman–Crippen MR) is 116 cm³/mol. The van der Waals surface area contributed by atoms with Gasteiger partial charge in [0.25, 0.3) is 0 Å². The van der Waals surface area contributed by atoms with E-state index in [0.717, 1.165) is 44.1 Å². The third-order valence-electron chi connectivity index (χ3n) is 4.18. The summed E-state index contributed by atoms with van der Waals surface area (Å²) in [7, 11) is 3.12. The van der Waals surface area contributed by atoms with Gasteiger partial charge in [-0.15, -0.1) is 33.2 Å². The van der Waals surface area contributed by atoms with Gasteiger partial charge in [0.15, 0.2) is 11.5 Å². The minimum absolute atomic E-state index is 0.393. The fraction of sp³-hybridized carbons (Fsp3) is 0.526. The molecule has 0 unspecified atom stereocenters. The first-order chi connectivity index (χ1) is 12.8. The van der Waals surface area contributed by atoms with E-state index in [1.165, 1.54) is 0 Å². The Morgan fingerprint density at radius 1 is 1.00 bits per heavy atom. The van der Waals surface area contributed by atoms with Crippen LogP contribution in [0.3, 0.4) is 0 Å². The Hall–Kier alpha value is -0.883. The molecule has 0 heterocycles. The molecule has 27 heavy (non-hydrogen) atoms. The van der Waals surface area contributed by atoms with Gasteiger partial charge >= 0.3 is 12.0 Å². The summed E-state index contributed by atoms with van der Waals surface area (Å²) in [6.45, 7) is 0. The van der Waals surface area contributed by atoms with Crippen molar-refractivity contribution < 1.29 is 19.4 Å². The van der Waals surface area contributed by atoms with Gasteiger partial charge in [-0.1, -0.05) is 38.2 Å². The first-order valence-corrected chi connectivity index (χ1v) is 14.2. The van der Waals surface area contributed by atoms with Gasteiger partial charge in [-0.25, -0.2) is 4.79 Å². The van der Waals surface area contributed by atoms with E-state index in [-0.39, 0.29) is 0 Å². The zero-order valence-corrected chi connectivity index (χ0v) is 19.0. The number of carboxylic acid groups (broad SMARTS) is 1. The second-order valence-electron chi connectivity index (χ2n) is 6.33. The van der Waals surface area contributed by atoms with Crippen molar-refractivity contribution >= 4 is 51.3 Å². The molecule has 0 saturated carbocycles. The van der Waals surface area contributed by atoms with Gasteiger partial charge < -0.3 is 14.6 Å². The van der Waals surface area contributed by atoms with Crippen LogP contribution in [0, 0.1) is 0 Å². The maximum absolute atomic E-state index is 11.5. The molecule has 0 aliphatic carbocycles. The van der Waals surface area contributed by atoms with Crippen LogP contribution in [0.1, 0.15) is 50.5 Å². The summed E-state index contributed by atoms with van der Waals surface area (Å²) < 4.78 is 10.5. The molecule has 0 spiro atoms. The number of hydrogen-bond donors (Lipinski definition) is 1. The monoisotopic (exact) mass is 452 g/mol. The molecule has 1 N–H and O–H groups in total. The smallest absolute Gasteiger partial charge is 0.341 e. The van der Waals surface area contributed by atoms with E-state index in [0.29, 0.717) is 29.5 Å². The van der Waals surface area contributed by atoms with Crippen molar-refractivity contribution in [2.45, 2.75) is 51.0 Å². The highest BCUT2D eigenvalue weighted by Crippen LogP contribution is 2.29. The summed E-state index contributed by atoms with van der Waals surface area (Å²) in [5.74, 6) is 0.301. The highest BCUT2D eigenvalue weighted by molar-refractivity contribution is 7.64. The van der Waals surface area contributed by atoms with Crippen LogP contribution in [0.2, 0.25) is 6.04 Å². The number of aliphatic carboxylic acids is 1. The van der Waals surface area contributed by atoms with E-state index in [4.69, 9.17) is 42.7 Å². The zero-order chi connectivity index (χ0) is 20.3. The summed E-state index contributed by atoms with van der Waals surface area (Å²) >= 11 is 17.6. The van der Waals surface area contributed by atoms with Gasteiger partial charge in [-0.05, 0) is 42.7 Å². The van der Waals surface area contributed by atoms with Crippen molar-refractivity contribution in [1.29, 1.82) is 0 Å². The summed E-state index contributed by atoms with van der Waals surface area (Å²) in [5, 5.41) is 9.45. The number of carboxylic acids is 1. The Labute approximate surface area is 176 Å². The molecule has 1 rings (SSSR count). The standard InChI is InChI=1S/C19H27Cl3O4Si/c1-25-17-11-10-15(14-18(17)26-2)13-16(19(23)24)9-7-5-3-4-6-8-12-27(20,21)22/h10-11,13-14H,3-9,12H2,1-2H3,(H,23,24)/b16-13+. The quantitative estimate of drug-likeness (QED) is 0.159. The molecule has 4 nitrogen and oxygen atoms in total. The van der Waals surface area contributed by atoms with Gasteiger partial charge in [0.1, 0.15) is 0 Å². The van der Waals surface area contributed by atoms with E-state index in [2.05, 4.69) is 0 Å². The molecule has 0 bridgehead atoms. The van der Waals surface area contributed by atoms with E-state index < -0.39 is 12.0 Å². The molecule has 8 heteroatoms. The summed E-state index contributed by atoms with van der Waals surface area (Å²) in [6.07, 6.45) is 8.19. The summed E-state index contributed by atoms with van der Waals surface area (Å²) in [5.41, 5.74) is 1.17. The number of methoxy groups -OCH3 is 2. The van der Waals surface area contributed by atoms with Gasteiger partial charge in [-0.2, -0.15) is 0 Å². The van der Waals surface area contributed by atoms with Gasteiger partial charge in [0.05, 0.1) is 14.2 Å². The van der Waals surface area contributed by atoms with Gasteiger partial charge in [-0.3, -0.25) is 0 Å². The maximum atomic E-state index is 11.5. The normalized spacial score (nSPS) is 12.1. The number of hydrogen-bond acceptors (Lipinski definition) is 3. The summed E-state index contributed by atoms with van der Waals surface area (Å²) in [4.78, 5) is 11.5. The first kappa shape index (κ1) is 24.2. The third-order valence-corrected chi connectivity index (χ3v) is 6.80. The fourth-order valence-corrected chi connectivity index (χ4v) is 4.59. The lowest BCUT2D eigenvalue weighted by molar-refractivity contribution is -0.132. The predicted octanol–water partition coefficient (Wildman–Crippen LogP) is 6.56. The topological polar surface area (TPSA) is 55.8 Å². The summed E-state index contributed by atoms with van der Waals surface area (Å²) in [6, 6.07) is 3.58. The molecule has 0 aromatic heterocycles. The largest absolute Gasteiger partial charge is 0.493 e. The minimum Gasteiger partial charge on any atom is -0.493 e. The number of unbranched alkanes of at least 4 members (excludes halogenated alkanes) is 5. The van der Waals surface area contributed by atoms with Crippen LogP contribution in [0.5, 0.6) is 11.5 Å².